The van der Waals surface area contributed by atoms with E-state index in [1.165, 1.54) is 5.56 Å². The van der Waals surface area contributed by atoms with Crippen molar-refractivity contribution in [3.8, 4) is 57.3 Å². The zero-order valence-electron chi connectivity index (χ0n) is 27.3. The van der Waals surface area contributed by atoms with Crippen LogP contribution in [0.4, 0.5) is 0 Å². The fourth-order valence-electron chi connectivity index (χ4n) is 7.69. The van der Waals surface area contributed by atoms with Gasteiger partial charge in [0.2, 0.25) is 0 Å². The van der Waals surface area contributed by atoms with Gasteiger partial charge in [-0.15, -0.1) is 0 Å². The number of nitrogens with zero attached hydrogens (tertiary/aromatic N) is 4. The van der Waals surface area contributed by atoms with Crippen molar-refractivity contribution in [2.75, 3.05) is 0 Å². The van der Waals surface area contributed by atoms with Crippen molar-refractivity contribution >= 4 is 43.4 Å². The van der Waals surface area contributed by atoms with Crippen LogP contribution in [0.15, 0.2) is 158 Å². The summed E-state index contributed by atoms with van der Waals surface area (Å²) in [4.78, 5) is 0. The Morgan fingerprint density at radius 1 is 0.373 bits per heavy atom. The second-order valence-corrected chi connectivity index (χ2v) is 12.6. The third-order valence-corrected chi connectivity index (χ3v) is 9.90. The summed E-state index contributed by atoms with van der Waals surface area (Å²) in [6.07, 6.45) is 0. The third kappa shape index (κ3) is 4.66. The van der Waals surface area contributed by atoms with E-state index in [2.05, 4.69) is 108 Å². The molecule has 0 fully saturated rings. The molecular weight excluding hydrogens is 621 g/mol. The van der Waals surface area contributed by atoms with Crippen LogP contribution in [-0.2, 0) is 0 Å². The van der Waals surface area contributed by atoms with Crippen LogP contribution in [0.2, 0.25) is 0 Å². The van der Waals surface area contributed by atoms with Gasteiger partial charge in [0.15, 0.2) is 0 Å². The molecule has 0 saturated carbocycles. The van der Waals surface area contributed by atoms with Gasteiger partial charge in [0, 0.05) is 22.0 Å². The smallest absolute Gasteiger partial charge is 0.0998 e. The molecule has 0 aliphatic heterocycles. The summed E-state index contributed by atoms with van der Waals surface area (Å²) in [6.45, 7) is 0. The van der Waals surface area contributed by atoms with E-state index in [0.29, 0.717) is 16.7 Å². The second-order valence-electron chi connectivity index (χ2n) is 12.6. The van der Waals surface area contributed by atoms with Crippen molar-refractivity contribution in [1.29, 1.82) is 15.8 Å². The van der Waals surface area contributed by atoms with Gasteiger partial charge in [-0.05, 0) is 91.8 Å². The normalized spacial score (nSPS) is 11.1. The SMILES string of the molecule is N#Cc1ccc2c(c1)c1ccccc1n2-c1ccc(-c2ccc(-c3c4ccccc4c(-c4ccccc4)c4ccccc34)c(C#N)c2)c(C#N)c1. The average Bonchev–Trinajstić information content (AvgIpc) is 3.53. The van der Waals surface area contributed by atoms with Crippen LogP contribution >= 0.6 is 0 Å². The van der Waals surface area contributed by atoms with Gasteiger partial charge in [0.05, 0.1) is 45.9 Å². The standard InChI is InChI=1S/C47H26N4/c48-27-30-18-23-45-43(24-30)38-12-8-9-17-44(38)51(45)35-20-22-36(34(26-35)29-50)32-19-21-37(33(25-32)28-49)47-41-15-6-4-13-39(41)46(31-10-2-1-3-11-31)40-14-5-7-16-42(40)47/h1-26H. The zero-order valence-corrected chi connectivity index (χ0v) is 27.3. The highest BCUT2D eigenvalue weighted by Crippen LogP contribution is 2.45. The minimum absolute atomic E-state index is 0.506. The highest BCUT2D eigenvalue weighted by molar-refractivity contribution is 6.21. The monoisotopic (exact) mass is 646 g/mol. The van der Waals surface area contributed by atoms with E-state index in [-0.39, 0.29) is 0 Å². The van der Waals surface area contributed by atoms with Gasteiger partial charge < -0.3 is 4.57 Å². The fourth-order valence-corrected chi connectivity index (χ4v) is 7.69. The highest BCUT2D eigenvalue weighted by Gasteiger charge is 2.20. The first kappa shape index (κ1) is 29.7. The van der Waals surface area contributed by atoms with Crippen molar-refractivity contribution in [3.05, 3.63) is 174 Å². The number of benzene rings is 8. The Balaban J connectivity index is 1.21. The fraction of sp³-hybridized carbons (Fsp3) is 0. The van der Waals surface area contributed by atoms with Crippen LogP contribution in [0.5, 0.6) is 0 Å². The molecule has 9 aromatic rings. The molecule has 0 unspecified atom stereocenters. The van der Waals surface area contributed by atoms with Gasteiger partial charge in [-0.1, -0.05) is 115 Å². The Kier molecular flexibility index (Phi) is 6.93. The molecule has 1 aromatic heterocycles. The molecule has 0 saturated heterocycles. The lowest BCUT2D eigenvalue weighted by molar-refractivity contribution is 1.18. The largest absolute Gasteiger partial charge is 0.309 e. The van der Waals surface area contributed by atoms with Crippen molar-refractivity contribution in [2.24, 2.45) is 0 Å². The van der Waals surface area contributed by atoms with Crippen LogP contribution in [0, 0.1) is 34.0 Å². The first-order chi connectivity index (χ1) is 25.2. The average molecular weight is 647 g/mol. The zero-order chi connectivity index (χ0) is 34.5. The molecule has 0 bridgehead atoms. The summed E-state index contributed by atoms with van der Waals surface area (Å²) in [6, 6.07) is 60.1. The van der Waals surface area contributed by atoms with Crippen molar-refractivity contribution in [1.82, 2.24) is 4.57 Å². The predicted octanol–water partition coefficient (Wildman–Crippen LogP) is 11.7. The van der Waals surface area contributed by atoms with Crippen molar-refractivity contribution < 1.29 is 0 Å². The number of rotatable bonds is 4. The quantitative estimate of drug-likeness (QED) is 0.179. The van der Waals surface area contributed by atoms with E-state index >= 15 is 0 Å². The molecule has 0 N–H and O–H groups in total. The molecule has 51 heavy (non-hydrogen) atoms. The third-order valence-electron chi connectivity index (χ3n) is 9.90. The van der Waals surface area contributed by atoms with Gasteiger partial charge in [0.25, 0.3) is 0 Å². The van der Waals surface area contributed by atoms with Crippen molar-refractivity contribution in [2.45, 2.75) is 0 Å². The van der Waals surface area contributed by atoms with Crippen LogP contribution in [-0.4, -0.2) is 4.57 Å². The van der Waals surface area contributed by atoms with E-state index in [1.807, 2.05) is 72.8 Å². The van der Waals surface area contributed by atoms with Gasteiger partial charge in [-0.25, -0.2) is 0 Å². The van der Waals surface area contributed by atoms with Crippen LogP contribution in [0.1, 0.15) is 16.7 Å². The summed E-state index contributed by atoms with van der Waals surface area (Å²) in [5, 5.41) is 37.1. The predicted molar refractivity (Wildman–Crippen MR) is 206 cm³/mol. The molecular formula is C47H26N4. The molecule has 0 radical (unpaired) electrons. The summed E-state index contributed by atoms with van der Waals surface area (Å²) >= 11 is 0. The number of aromatic nitrogens is 1. The topological polar surface area (TPSA) is 76.3 Å². The lowest BCUT2D eigenvalue weighted by Crippen LogP contribution is -1.97. The lowest BCUT2D eigenvalue weighted by Gasteiger charge is -2.19. The van der Waals surface area contributed by atoms with Gasteiger partial charge >= 0.3 is 0 Å². The molecule has 0 atom stereocenters. The van der Waals surface area contributed by atoms with E-state index < -0.39 is 0 Å². The summed E-state index contributed by atoms with van der Waals surface area (Å²) in [5.74, 6) is 0. The lowest BCUT2D eigenvalue weighted by atomic mass is 9.84. The Labute approximate surface area is 294 Å². The first-order valence-corrected chi connectivity index (χ1v) is 16.7. The van der Waals surface area contributed by atoms with E-state index in [0.717, 1.165) is 76.9 Å². The molecule has 234 valence electrons. The number of nitriles is 3. The van der Waals surface area contributed by atoms with Gasteiger partial charge in [-0.2, -0.15) is 15.8 Å². The Morgan fingerprint density at radius 2 is 0.941 bits per heavy atom. The molecule has 0 aliphatic carbocycles. The van der Waals surface area contributed by atoms with E-state index in [9.17, 15) is 15.8 Å². The van der Waals surface area contributed by atoms with E-state index in [1.54, 1.807) is 0 Å². The van der Waals surface area contributed by atoms with Crippen LogP contribution in [0.3, 0.4) is 0 Å². The highest BCUT2D eigenvalue weighted by atomic mass is 15.0. The van der Waals surface area contributed by atoms with Gasteiger partial charge in [0.1, 0.15) is 0 Å². The molecule has 0 spiro atoms. The molecule has 4 heteroatoms. The summed E-state index contributed by atoms with van der Waals surface area (Å²) in [5.41, 5.74) is 10.2. The molecule has 1 heterocycles. The van der Waals surface area contributed by atoms with Crippen LogP contribution < -0.4 is 0 Å². The number of para-hydroxylation sites is 1. The number of fused-ring (bicyclic) bond motifs is 5. The van der Waals surface area contributed by atoms with E-state index in [4.69, 9.17) is 0 Å². The number of hydrogen-bond acceptors (Lipinski definition) is 3. The number of hydrogen-bond donors (Lipinski definition) is 0. The summed E-state index contributed by atoms with van der Waals surface area (Å²) < 4.78 is 2.13. The molecule has 8 aromatic carbocycles. The Bertz CT molecular complexity index is 2940. The second kappa shape index (κ2) is 11.9. The maximum absolute atomic E-state index is 10.6. The van der Waals surface area contributed by atoms with Crippen molar-refractivity contribution in [3.63, 3.8) is 0 Å². The molecule has 0 amide bonds. The van der Waals surface area contributed by atoms with Crippen LogP contribution in [0.25, 0.3) is 82.4 Å². The first-order valence-electron chi connectivity index (χ1n) is 16.7. The maximum atomic E-state index is 10.6. The summed E-state index contributed by atoms with van der Waals surface area (Å²) in [7, 11) is 0. The van der Waals surface area contributed by atoms with Gasteiger partial charge in [-0.3, -0.25) is 0 Å². The Morgan fingerprint density at radius 3 is 1.61 bits per heavy atom. The Hall–Kier alpha value is -7.45. The minimum Gasteiger partial charge on any atom is -0.309 e. The maximum Gasteiger partial charge on any atom is 0.0998 e. The molecule has 9 rings (SSSR count). The minimum atomic E-state index is 0.506. The molecule has 4 nitrogen and oxygen atoms in total. The molecule has 0 aliphatic rings.